The van der Waals surface area contributed by atoms with Crippen LogP contribution in [0.2, 0.25) is 0 Å². The first-order chi connectivity index (χ1) is 59.5. The van der Waals surface area contributed by atoms with Crippen molar-refractivity contribution in [2.75, 3.05) is 176 Å². The fourth-order valence-electron chi connectivity index (χ4n) is 14.2. The number of imidazole rings is 4. The van der Waals surface area contributed by atoms with Gasteiger partial charge in [-0.1, -0.05) is 12.1 Å². The fraction of sp³-hybridized carbons (Fsp3) is 0.310. The van der Waals surface area contributed by atoms with E-state index in [-0.39, 0.29) is 23.3 Å². The predicted octanol–water partition coefficient (Wildman–Crippen LogP) is 11.5. The van der Waals surface area contributed by atoms with E-state index in [1.807, 2.05) is 104 Å². The monoisotopic (exact) mass is 1640 g/mol. The van der Waals surface area contributed by atoms with Gasteiger partial charge in [-0.2, -0.15) is 5.10 Å². The van der Waals surface area contributed by atoms with E-state index in [1.165, 1.54) is 24.3 Å². The highest BCUT2D eigenvalue weighted by molar-refractivity contribution is 5.80. The minimum Gasteiger partial charge on any atom is -0.494 e. The Balaban J connectivity index is 0.000000112. The number of fused-ring (bicyclic) bond motifs is 20. The van der Waals surface area contributed by atoms with Crippen molar-refractivity contribution in [3.05, 3.63) is 212 Å². The summed E-state index contributed by atoms with van der Waals surface area (Å²) in [7, 11) is 4.02. The van der Waals surface area contributed by atoms with Crippen LogP contribution in [0.25, 0.3) is 84.4 Å². The second kappa shape index (κ2) is 39.5. The molecule has 0 saturated carbocycles. The molecule has 0 unspecified atom stereocenters. The number of nitrogens with zero attached hydrogens (tertiary/aromatic N) is 17. The van der Waals surface area contributed by atoms with Gasteiger partial charge in [-0.15, -0.1) is 20.4 Å². The Morgan fingerprint density at radius 3 is 1.38 bits per heavy atom. The van der Waals surface area contributed by atoms with E-state index in [0.29, 0.717) is 111 Å². The highest BCUT2D eigenvalue weighted by Gasteiger charge is 2.21. The van der Waals surface area contributed by atoms with Gasteiger partial charge in [-0.3, -0.25) is 0 Å². The number of ether oxygens (including phenoxy) is 4. The van der Waals surface area contributed by atoms with Gasteiger partial charge in [0.1, 0.15) is 63.8 Å². The summed E-state index contributed by atoms with van der Waals surface area (Å²) in [5.74, 6) is 4.70. The molecule has 0 atom stereocenters. The lowest BCUT2D eigenvalue weighted by Gasteiger charge is -2.18. The summed E-state index contributed by atoms with van der Waals surface area (Å²) in [5.41, 5.74) is 11.6. The van der Waals surface area contributed by atoms with Crippen molar-refractivity contribution < 1.29 is 36.5 Å². The zero-order valence-electron chi connectivity index (χ0n) is 67.3. The van der Waals surface area contributed by atoms with Crippen molar-refractivity contribution >= 4 is 62.9 Å². The van der Waals surface area contributed by atoms with E-state index in [9.17, 15) is 17.6 Å². The largest absolute Gasteiger partial charge is 0.494 e. The van der Waals surface area contributed by atoms with E-state index in [1.54, 1.807) is 91.4 Å². The van der Waals surface area contributed by atoms with Crippen LogP contribution in [0.4, 0.5) is 52.2 Å². The molecule has 10 aromatic heterocycles. The lowest BCUT2D eigenvalue weighted by Crippen LogP contribution is -2.30. The van der Waals surface area contributed by atoms with Gasteiger partial charge in [0.25, 0.3) is 0 Å². The molecule has 0 fully saturated rings. The maximum absolute atomic E-state index is 14.5. The second-order valence-electron chi connectivity index (χ2n) is 29.2. The van der Waals surface area contributed by atoms with Crippen molar-refractivity contribution in [1.82, 2.24) is 99.6 Å². The first kappa shape index (κ1) is 81.5. The number of benzene rings is 5. The topological polar surface area (TPSA) is 303 Å². The summed E-state index contributed by atoms with van der Waals surface area (Å²) in [5, 5.41) is 52.7. The molecule has 20 rings (SSSR count). The summed E-state index contributed by atoms with van der Waals surface area (Å²) in [6.07, 6.45) is 15.0. The maximum atomic E-state index is 14.5. The quantitative estimate of drug-likeness (QED) is 0.0637. The first-order valence-electron chi connectivity index (χ1n) is 40.9. The Hall–Kier alpha value is -13.3. The highest BCUT2D eigenvalue weighted by Crippen LogP contribution is 2.34. The van der Waals surface area contributed by atoms with Crippen molar-refractivity contribution in [1.29, 1.82) is 0 Å². The second-order valence-corrected chi connectivity index (χ2v) is 29.2. The maximum Gasteiger partial charge on any atom is 0.231 e. The molecule has 0 saturated heterocycles. The fourth-order valence-corrected chi connectivity index (χ4v) is 14.2. The van der Waals surface area contributed by atoms with Crippen LogP contribution in [-0.4, -0.2) is 218 Å². The first-order valence-corrected chi connectivity index (χ1v) is 40.9. The summed E-state index contributed by atoms with van der Waals surface area (Å²) in [6, 6.07) is 44.7. The Bertz CT molecular complexity index is 5710. The molecule has 15 aromatic rings. The van der Waals surface area contributed by atoms with Gasteiger partial charge >= 0.3 is 0 Å². The molecule has 626 valence electrons. The van der Waals surface area contributed by atoms with Crippen molar-refractivity contribution in [2.45, 2.75) is 32.1 Å². The van der Waals surface area contributed by atoms with E-state index in [2.05, 4.69) is 109 Å². The van der Waals surface area contributed by atoms with E-state index >= 15 is 0 Å². The van der Waals surface area contributed by atoms with Crippen LogP contribution in [0.5, 0.6) is 23.1 Å². The standard InChI is InChI=1S/C18H21FN6.C18H20FN5O.2C17H18FN5O.C17H19N5O/c1-24-9-2-6-20-7-8-21-13-3-4-16(19)14(11-13)15-12-22-25-10-5-17(24)23-18(15)25;1-23-9-8-20-7-2-10-25-13-3-4-15(19)14(11-13)16-12-21-17-5-6-18(23)22-24(16)17;18-14-3-2-12-10-13(14)15-11-21-17-5-4-16(22-23(15)17)20-8-7-19-6-1-9-24-12;18-14-3-2-12-10-13(14)15-11-21-16-4-5-17(22-23(15)16)24-9-1-6-19-7-8-20-12;1-3-13-11-14(4-1)23-10-2-7-18-8-9-19-16-5-6-17-20-12-15(13)22(17)21-16/h3-5,10-12,20-21H,2,6-9H2,1H3;3-6,11-12,20H,2,7-10H2,1H3;2-5,10-11,19H,1,6-9H2,(H,20,22);2-5,10-11,19-20H,1,6-9H2;1,3-6,11-12,18H,2,7-10H2,(H,19,21). The van der Waals surface area contributed by atoms with Crippen LogP contribution in [0.3, 0.4) is 0 Å². The molecule has 0 aliphatic carbocycles. The highest BCUT2D eigenvalue weighted by atomic mass is 19.1. The molecule has 121 heavy (non-hydrogen) atoms. The summed E-state index contributed by atoms with van der Waals surface area (Å²) >= 11 is 0. The zero-order chi connectivity index (χ0) is 82.6. The van der Waals surface area contributed by atoms with Crippen LogP contribution < -0.4 is 76.6 Å². The van der Waals surface area contributed by atoms with Gasteiger partial charge < -0.3 is 76.6 Å². The molecule has 30 nitrogen and oxygen atoms in total. The van der Waals surface area contributed by atoms with Crippen LogP contribution >= 0.6 is 0 Å². The summed E-state index contributed by atoms with van der Waals surface area (Å²) in [4.78, 5) is 26.3. The minimum atomic E-state index is -0.324. The number of aromatic nitrogens is 15. The molecular formula is C87H96F4N26O4. The number of anilines is 6. The van der Waals surface area contributed by atoms with Gasteiger partial charge in [0.2, 0.25) is 5.88 Å². The average Bonchev–Trinajstić information content (AvgIpc) is 1.57. The number of halogens is 4. The lowest BCUT2D eigenvalue weighted by molar-refractivity contribution is 0.293. The molecule has 5 aliphatic heterocycles. The van der Waals surface area contributed by atoms with Gasteiger partial charge in [0.05, 0.1) is 80.2 Å². The van der Waals surface area contributed by atoms with E-state index in [0.717, 1.165) is 194 Å². The van der Waals surface area contributed by atoms with Gasteiger partial charge in [0.15, 0.2) is 28.2 Å². The SMILES string of the molecule is CN1CCCNCCNc2ccc(F)c(c2)-c2cnn3ccc1nc23.CN1CCNCCCOc2ccc(F)c(c2)-c2cnc3ccc1nn23.Fc1ccc2cc1-c1cnc3ccc(nn13)NCCNCCCO2.Fc1ccc2cc1-c1cnc3ccc(nn13)OCCCNCCN2.c1cc2cc(c1)-c1cnc3ccc(nn13)NCCNCCCO2. The number of hydrogen-bond donors (Lipinski definition) is 9. The van der Waals surface area contributed by atoms with Crippen LogP contribution in [0, 0.1) is 23.3 Å². The molecule has 0 spiro atoms. The number of hydrogen-bond acceptors (Lipinski definition) is 25. The molecule has 5 aliphatic rings. The van der Waals surface area contributed by atoms with Gasteiger partial charge in [0, 0.05) is 143 Å². The van der Waals surface area contributed by atoms with E-state index < -0.39 is 0 Å². The zero-order valence-corrected chi connectivity index (χ0v) is 67.3. The molecular weight excluding hydrogens is 1550 g/mol. The third kappa shape index (κ3) is 20.4. The Labute approximate surface area is 695 Å². The summed E-state index contributed by atoms with van der Waals surface area (Å²) in [6.45, 7) is 16.1. The van der Waals surface area contributed by atoms with Crippen LogP contribution in [-0.2, 0) is 0 Å². The third-order valence-electron chi connectivity index (χ3n) is 20.6. The normalized spacial score (nSPS) is 15.5. The van der Waals surface area contributed by atoms with Crippen LogP contribution in [0.1, 0.15) is 32.1 Å². The predicted molar refractivity (Wildman–Crippen MR) is 462 cm³/mol. The minimum absolute atomic E-state index is 0.275. The van der Waals surface area contributed by atoms with Crippen molar-refractivity contribution in [3.8, 4) is 79.3 Å². The van der Waals surface area contributed by atoms with Gasteiger partial charge in [-0.25, -0.2) is 65.1 Å². The Morgan fingerprint density at radius 2 is 0.793 bits per heavy atom. The number of likely N-dealkylation sites (N-methyl/N-ethyl adjacent to an activating group) is 1. The molecule has 9 N–H and O–H groups in total. The van der Waals surface area contributed by atoms with E-state index in [4.69, 9.17) is 23.9 Å². The summed E-state index contributed by atoms with van der Waals surface area (Å²) < 4.78 is 89.2. The van der Waals surface area contributed by atoms with Gasteiger partial charge in [-0.05, 0) is 198 Å². The molecule has 20 bridgehead atoms. The molecule has 15 heterocycles. The number of nitrogens with one attached hydrogen (secondary N) is 9. The van der Waals surface area contributed by atoms with Crippen LogP contribution in [0.15, 0.2) is 189 Å². The molecule has 34 heteroatoms. The van der Waals surface area contributed by atoms with Crippen molar-refractivity contribution in [2.24, 2.45) is 0 Å². The molecule has 0 radical (unpaired) electrons. The number of rotatable bonds is 0. The smallest absolute Gasteiger partial charge is 0.231 e. The van der Waals surface area contributed by atoms with Crippen molar-refractivity contribution in [3.63, 3.8) is 0 Å². The lowest BCUT2D eigenvalue weighted by atomic mass is 10.1. The third-order valence-corrected chi connectivity index (χ3v) is 20.6. The Kier molecular flexibility index (Phi) is 26.6. The molecule has 5 aromatic carbocycles. The average molecular weight is 1650 g/mol. The Morgan fingerprint density at radius 1 is 0.339 bits per heavy atom. The molecule has 0 amide bonds.